The topological polar surface area (TPSA) is 50.4 Å². The summed E-state index contributed by atoms with van der Waals surface area (Å²) in [5.74, 6) is 0. The molecule has 0 bridgehead atoms. The van der Waals surface area contributed by atoms with E-state index in [4.69, 9.17) is 27.9 Å². The average Bonchev–Trinajstić information content (AvgIpc) is 2.44. The molecule has 2 N–H and O–H groups in total. The smallest absolute Gasteiger partial charge is 0.411 e. The van der Waals surface area contributed by atoms with Gasteiger partial charge in [0, 0.05) is 5.02 Å². The molecule has 21 heavy (non-hydrogen) atoms. The predicted octanol–water partition coefficient (Wildman–Crippen LogP) is 5.31. The highest BCUT2D eigenvalue weighted by Gasteiger charge is 2.09. The zero-order valence-corrected chi connectivity index (χ0v) is 12.8. The molecule has 0 fully saturated rings. The molecule has 0 aliphatic carbocycles. The molecule has 0 radical (unpaired) electrons. The van der Waals surface area contributed by atoms with E-state index in [9.17, 15) is 4.79 Å². The van der Waals surface area contributed by atoms with Crippen LogP contribution in [0.5, 0.6) is 0 Å². The van der Waals surface area contributed by atoms with Crippen molar-refractivity contribution in [3.05, 3.63) is 52.5 Å². The van der Waals surface area contributed by atoms with Crippen molar-refractivity contribution in [2.45, 2.75) is 6.92 Å². The van der Waals surface area contributed by atoms with Crippen LogP contribution in [0.25, 0.3) is 0 Å². The van der Waals surface area contributed by atoms with Gasteiger partial charge in [-0.05, 0) is 37.3 Å². The van der Waals surface area contributed by atoms with Crippen LogP contribution < -0.4 is 10.6 Å². The molecular weight excluding hydrogens is 311 g/mol. The molecule has 0 unspecified atom stereocenters. The van der Waals surface area contributed by atoms with E-state index >= 15 is 0 Å². The van der Waals surface area contributed by atoms with Crippen LogP contribution in [0.2, 0.25) is 10.0 Å². The molecule has 2 aromatic rings. The van der Waals surface area contributed by atoms with Gasteiger partial charge in [0.05, 0.1) is 28.7 Å². The number of anilines is 3. The minimum absolute atomic E-state index is 0.298. The Kier molecular flexibility index (Phi) is 5.31. The monoisotopic (exact) mass is 324 g/mol. The van der Waals surface area contributed by atoms with Crippen LogP contribution in [0.1, 0.15) is 6.92 Å². The van der Waals surface area contributed by atoms with Gasteiger partial charge < -0.3 is 10.1 Å². The van der Waals surface area contributed by atoms with Gasteiger partial charge in [0.25, 0.3) is 0 Å². The maximum absolute atomic E-state index is 11.5. The largest absolute Gasteiger partial charge is 0.450 e. The molecule has 0 aromatic heterocycles. The number of nitrogens with one attached hydrogen (secondary N) is 2. The second kappa shape index (κ2) is 7.20. The minimum Gasteiger partial charge on any atom is -0.450 e. The van der Waals surface area contributed by atoms with Gasteiger partial charge in [-0.2, -0.15) is 0 Å². The molecule has 0 atom stereocenters. The van der Waals surface area contributed by atoms with Crippen LogP contribution in [-0.2, 0) is 4.74 Å². The molecule has 0 spiro atoms. The highest BCUT2D eigenvalue weighted by atomic mass is 35.5. The normalized spacial score (nSPS) is 10.0. The second-order valence-electron chi connectivity index (χ2n) is 4.14. The number of carbonyl (C=O) groups excluding carboxylic acids is 1. The van der Waals surface area contributed by atoms with Crippen LogP contribution in [0.4, 0.5) is 21.9 Å². The predicted molar refractivity (Wildman–Crippen MR) is 86.8 cm³/mol. The van der Waals surface area contributed by atoms with E-state index in [1.807, 2.05) is 18.2 Å². The average molecular weight is 325 g/mol. The van der Waals surface area contributed by atoms with Crippen molar-refractivity contribution >= 4 is 46.4 Å². The quantitative estimate of drug-likeness (QED) is 0.801. The van der Waals surface area contributed by atoms with Crippen molar-refractivity contribution in [1.82, 2.24) is 0 Å². The van der Waals surface area contributed by atoms with E-state index in [0.717, 1.165) is 0 Å². The Hall–Kier alpha value is -1.91. The van der Waals surface area contributed by atoms with E-state index in [1.54, 1.807) is 31.2 Å². The summed E-state index contributed by atoms with van der Waals surface area (Å²) in [6.07, 6.45) is -0.526. The van der Waals surface area contributed by atoms with E-state index in [2.05, 4.69) is 10.6 Å². The molecule has 110 valence electrons. The summed E-state index contributed by atoms with van der Waals surface area (Å²) in [7, 11) is 0. The zero-order valence-electron chi connectivity index (χ0n) is 11.3. The van der Waals surface area contributed by atoms with Gasteiger partial charge in [-0.3, -0.25) is 5.32 Å². The summed E-state index contributed by atoms with van der Waals surface area (Å²) in [5, 5.41) is 6.91. The number of halogens is 2. The number of hydrogen-bond acceptors (Lipinski definition) is 3. The zero-order chi connectivity index (χ0) is 15.2. The summed E-state index contributed by atoms with van der Waals surface area (Å²) >= 11 is 12.1. The van der Waals surface area contributed by atoms with E-state index in [1.165, 1.54) is 0 Å². The Balaban J connectivity index is 2.27. The maximum atomic E-state index is 11.5. The lowest BCUT2D eigenvalue weighted by Crippen LogP contribution is -2.14. The Morgan fingerprint density at radius 1 is 1.10 bits per heavy atom. The highest BCUT2D eigenvalue weighted by molar-refractivity contribution is 6.33. The fraction of sp³-hybridized carbons (Fsp3) is 0.133. The minimum atomic E-state index is -0.526. The van der Waals surface area contributed by atoms with Crippen LogP contribution in [-0.4, -0.2) is 12.7 Å². The highest BCUT2D eigenvalue weighted by Crippen LogP contribution is 2.31. The summed E-state index contributed by atoms with van der Waals surface area (Å²) in [6.45, 7) is 2.04. The Morgan fingerprint density at radius 2 is 1.86 bits per heavy atom. The van der Waals surface area contributed by atoms with Crippen LogP contribution in [0, 0.1) is 0 Å². The molecule has 4 nitrogen and oxygen atoms in total. The van der Waals surface area contributed by atoms with Crippen LogP contribution >= 0.6 is 23.2 Å². The molecular formula is C15H14Cl2N2O2. The van der Waals surface area contributed by atoms with E-state index in [0.29, 0.717) is 33.7 Å². The first-order chi connectivity index (χ1) is 10.1. The third-order valence-electron chi connectivity index (χ3n) is 2.64. The van der Waals surface area contributed by atoms with Crippen molar-refractivity contribution in [3.63, 3.8) is 0 Å². The van der Waals surface area contributed by atoms with Crippen molar-refractivity contribution in [3.8, 4) is 0 Å². The summed E-state index contributed by atoms with van der Waals surface area (Å²) in [5.41, 5.74) is 1.90. The molecule has 2 rings (SSSR count). The first-order valence-electron chi connectivity index (χ1n) is 6.35. The second-order valence-corrected chi connectivity index (χ2v) is 4.98. The SMILES string of the molecule is CCOC(=O)Nc1ccc(Cl)cc1Nc1ccccc1Cl. The number of rotatable bonds is 4. The lowest BCUT2D eigenvalue weighted by atomic mass is 10.2. The molecule has 6 heteroatoms. The number of benzene rings is 2. The van der Waals surface area contributed by atoms with Crippen LogP contribution in [0.3, 0.4) is 0 Å². The van der Waals surface area contributed by atoms with Crippen molar-refractivity contribution in [1.29, 1.82) is 0 Å². The lowest BCUT2D eigenvalue weighted by molar-refractivity contribution is 0.168. The number of carbonyl (C=O) groups is 1. The first kappa shape index (κ1) is 15.5. The Labute approximate surface area is 133 Å². The summed E-state index contributed by atoms with van der Waals surface area (Å²) in [6, 6.07) is 12.4. The van der Waals surface area contributed by atoms with Gasteiger partial charge in [0.2, 0.25) is 0 Å². The lowest BCUT2D eigenvalue weighted by Gasteiger charge is -2.14. The van der Waals surface area contributed by atoms with Gasteiger partial charge in [0.1, 0.15) is 0 Å². The molecule has 0 saturated carbocycles. The molecule has 1 amide bonds. The van der Waals surface area contributed by atoms with Gasteiger partial charge in [-0.15, -0.1) is 0 Å². The van der Waals surface area contributed by atoms with Gasteiger partial charge >= 0.3 is 6.09 Å². The molecule has 0 saturated heterocycles. The van der Waals surface area contributed by atoms with Gasteiger partial charge in [-0.25, -0.2) is 4.79 Å². The van der Waals surface area contributed by atoms with Crippen molar-refractivity contribution in [2.24, 2.45) is 0 Å². The summed E-state index contributed by atoms with van der Waals surface area (Å²) < 4.78 is 4.87. The molecule has 0 heterocycles. The Bertz CT molecular complexity index is 647. The summed E-state index contributed by atoms with van der Waals surface area (Å²) in [4.78, 5) is 11.5. The standard InChI is InChI=1S/C15H14Cl2N2O2/c1-2-21-15(20)19-13-8-7-10(16)9-14(13)18-12-6-4-3-5-11(12)17/h3-9,18H,2H2,1H3,(H,19,20). The number of hydrogen-bond donors (Lipinski definition) is 2. The van der Waals surface area contributed by atoms with Gasteiger partial charge in [0.15, 0.2) is 0 Å². The first-order valence-corrected chi connectivity index (χ1v) is 7.10. The third-order valence-corrected chi connectivity index (χ3v) is 3.20. The third kappa shape index (κ3) is 4.28. The Morgan fingerprint density at radius 3 is 2.57 bits per heavy atom. The van der Waals surface area contributed by atoms with E-state index < -0.39 is 6.09 Å². The fourth-order valence-corrected chi connectivity index (χ4v) is 2.07. The molecule has 2 aromatic carbocycles. The van der Waals surface area contributed by atoms with Gasteiger partial charge in [-0.1, -0.05) is 35.3 Å². The maximum Gasteiger partial charge on any atom is 0.411 e. The number of ether oxygens (including phenoxy) is 1. The van der Waals surface area contributed by atoms with Crippen molar-refractivity contribution < 1.29 is 9.53 Å². The molecule has 0 aliphatic heterocycles. The number of para-hydroxylation sites is 1. The van der Waals surface area contributed by atoms with E-state index in [-0.39, 0.29) is 0 Å². The van der Waals surface area contributed by atoms with Crippen LogP contribution in [0.15, 0.2) is 42.5 Å². The van der Waals surface area contributed by atoms with Crippen molar-refractivity contribution in [2.75, 3.05) is 17.2 Å². The number of amides is 1. The fourth-order valence-electron chi connectivity index (χ4n) is 1.71. The molecule has 0 aliphatic rings.